The quantitative estimate of drug-likeness (QED) is 0.127. The Labute approximate surface area is 222 Å². The van der Waals surface area contributed by atoms with E-state index in [2.05, 4.69) is 0 Å². The van der Waals surface area contributed by atoms with Crippen LogP contribution in [0.15, 0.2) is 91.0 Å². The van der Waals surface area contributed by atoms with Crippen molar-refractivity contribution in [3.05, 3.63) is 123 Å². The molecule has 194 valence electrons. The number of ether oxygens (including phenoxy) is 3. The monoisotopic (exact) mass is 524 g/mol. The normalized spacial score (nSPS) is 12.2. The third-order valence-electron chi connectivity index (χ3n) is 6.00. The number of non-ortho nitro benzene ring substituents is 1. The standard InChI is InChI=1S/C29H20N2O8/c1-37-26-8-3-2-7-25(26)30-27(32)23-14-9-19(16-24(23)28(30)33)29(34)38-17-18-5-4-6-22(15-18)39-21-12-10-20(11-13-21)31(35)36/h2-16H,17H2,1H3. The maximum atomic E-state index is 13.1. The molecule has 5 rings (SSSR count). The lowest BCUT2D eigenvalue weighted by atomic mass is 10.1. The number of carbonyl (C=O) groups is 3. The molecule has 0 aromatic heterocycles. The van der Waals surface area contributed by atoms with E-state index in [-0.39, 0.29) is 29.0 Å². The third kappa shape index (κ3) is 5.03. The number of rotatable bonds is 8. The zero-order valence-corrected chi connectivity index (χ0v) is 20.5. The van der Waals surface area contributed by atoms with Crippen molar-refractivity contribution in [3.8, 4) is 17.2 Å². The molecular weight excluding hydrogens is 504 g/mol. The summed E-state index contributed by atoms with van der Waals surface area (Å²) in [6.45, 7) is -0.0758. The SMILES string of the molecule is COc1ccccc1N1C(=O)c2ccc(C(=O)OCc3cccc(Oc4ccc([N+](=O)[O-])cc4)c3)cc2C1=O. The molecule has 1 aliphatic heterocycles. The highest BCUT2D eigenvalue weighted by Gasteiger charge is 2.38. The van der Waals surface area contributed by atoms with Crippen molar-refractivity contribution in [1.29, 1.82) is 0 Å². The molecular formula is C29H20N2O8. The molecule has 0 N–H and O–H groups in total. The van der Waals surface area contributed by atoms with Gasteiger partial charge in [0.15, 0.2) is 0 Å². The molecule has 0 unspecified atom stereocenters. The number of fused-ring (bicyclic) bond motifs is 1. The minimum atomic E-state index is -0.671. The largest absolute Gasteiger partial charge is 0.495 e. The van der Waals surface area contributed by atoms with Crippen LogP contribution in [0.2, 0.25) is 0 Å². The number of anilines is 1. The Morgan fingerprint density at radius 1 is 0.846 bits per heavy atom. The summed E-state index contributed by atoms with van der Waals surface area (Å²) < 4.78 is 16.5. The molecule has 10 nitrogen and oxygen atoms in total. The van der Waals surface area contributed by atoms with Crippen molar-refractivity contribution >= 4 is 29.2 Å². The molecule has 10 heteroatoms. The van der Waals surface area contributed by atoms with Gasteiger partial charge < -0.3 is 14.2 Å². The number of carbonyl (C=O) groups excluding carboxylic acids is 3. The van der Waals surface area contributed by atoms with Gasteiger partial charge in [-0.2, -0.15) is 0 Å². The molecule has 0 bridgehead atoms. The lowest BCUT2D eigenvalue weighted by Crippen LogP contribution is -2.29. The fourth-order valence-electron chi connectivity index (χ4n) is 4.10. The van der Waals surface area contributed by atoms with E-state index in [9.17, 15) is 24.5 Å². The fourth-order valence-corrected chi connectivity index (χ4v) is 4.10. The predicted molar refractivity (Wildman–Crippen MR) is 139 cm³/mol. The molecule has 4 aromatic rings. The Bertz CT molecular complexity index is 1610. The molecule has 0 spiro atoms. The maximum absolute atomic E-state index is 13.1. The molecule has 0 atom stereocenters. The number of para-hydroxylation sites is 2. The summed E-state index contributed by atoms with van der Waals surface area (Å²) >= 11 is 0. The molecule has 1 heterocycles. The van der Waals surface area contributed by atoms with E-state index in [0.29, 0.717) is 28.5 Å². The molecule has 0 radical (unpaired) electrons. The van der Waals surface area contributed by atoms with Crippen LogP contribution < -0.4 is 14.4 Å². The first-order valence-electron chi connectivity index (χ1n) is 11.7. The van der Waals surface area contributed by atoms with Gasteiger partial charge in [-0.3, -0.25) is 19.7 Å². The number of nitro groups is 1. The first kappa shape index (κ1) is 25.2. The van der Waals surface area contributed by atoms with E-state index >= 15 is 0 Å². The predicted octanol–water partition coefficient (Wildman–Crippen LogP) is 5.55. The number of hydrogen-bond acceptors (Lipinski definition) is 8. The summed E-state index contributed by atoms with van der Waals surface area (Å²) in [6, 6.07) is 23.4. The van der Waals surface area contributed by atoms with Gasteiger partial charge >= 0.3 is 5.97 Å². The zero-order chi connectivity index (χ0) is 27.5. The highest BCUT2D eigenvalue weighted by Crippen LogP contribution is 2.35. The Morgan fingerprint density at radius 3 is 2.33 bits per heavy atom. The average molecular weight is 524 g/mol. The smallest absolute Gasteiger partial charge is 0.338 e. The van der Waals surface area contributed by atoms with Crippen LogP contribution in [0, 0.1) is 10.1 Å². The van der Waals surface area contributed by atoms with Crippen LogP contribution in [0.4, 0.5) is 11.4 Å². The van der Waals surface area contributed by atoms with Crippen LogP contribution in [0.3, 0.4) is 0 Å². The number of esters is 1. The Balaban J connectivity index is 1.27. The van der Waals surface area contributed by atoms with Gasteiger partial charge in [-0.15, -0.1) is 0 Å². The van der Waals surface area contributed by atoms with Crippen molar-refractivity contribution in [2.75, 3.05) is 12.0 Å². The van der Waals surface area contributed by atoms with Gasteiger partial charge in [0, 0.05) is 12.1 Å². The van der Waals surface area contributed by atoms with Gasteiger partial charge in [-0.25, -0.2) is 9.69 Å². The number of imide groups is 1. The lowest BCUT2D eigenvalue weighted by molar-refractivity contribution is -0.384. The van der Waals surface area contributed by atoms with E-state index in [1.54, 1.807) is 48.5 Å². The van der Waals surface area contributed by atoms with E-state index in [1.807, 2.05) is 0 Å². The van der Waals surface area contributed by atoms with Crippen LogP contribution in [-0.2, 0) is 11.3 Å². The van der Waals surface area contributed by atoms with E-state index in [4.69, 9.17) is 14.2 Å². The van der Waals surface area contributed by atoms with Crippen LogP contribution in [0.25, 0.3) is 0 Å². The Morgan fingerprint density at radius 2 is 1.59 bits per heavy atom. The second-order valence-electron chi connectivity index (χ2n) is 8.45. The highest BCUT2D eigenvalue weighted by molar-refractivity contribution is 6.35. The lowest BCUT2D eigenvalue weighted by Gasteiger charge is -2.16. The van der Waals surface area contributed by atoms with E-state index < -0.39 is 22.7 Å². The van der Waals surface area contributed by atoms with Gasteiger partial charge in [0.2, 0.25) is 0 Å². The number of amides is 2. The summed E-state index contributed by atoms with van der Waals surface area (Å²) in [5.74, 6) is -0.513. The summed E-state index contributed by atoms with van der Waals surface area (Å²) in [6.07, 6.45) is 0. The number of hydrogen-bond donors (Lipinski definition) is 0. The van der Waals surface area contributed by atoms with E-state index in [1.165, 1.54) is 49.6 Å². The average Bonchev–Trinajstić information content (AvgIpc) is 3.20. The molecule has 0 saturated heterocycles. The second-order valence-corrected chi connectivity index (χ2v) is 8.45. The van der Waals surface area contributed by atoms with Crippen LogP contribution >= 0.6 is 0 Å². The third-order valence-corrected chi connectivity index (χ3v) is 6.00. The van der Waals surface area contributed by atoms with Gasteiger partial charge in [0.05, 0.1) is 34.4 Å². The first-order valence-corrected chi connectivity index (χ1v) is 11.7. The second kappa shape index (κ2) is 10.5. The topological polar surface area (TPSA) is 125 Å². The number of nitro benzene ring substituents is 1. The van der Waals surface area contributed by atoms with Crippen LogP contribution in [-0.4, -0.2) is 29.8 Å². The van der Waals surface area contributed by atoms with Gasteiger partial charge in [-0.1, -0.05) is 24.3 Å². The molecule has 2 amide bonds. The molecule has 0 aliphatic carbocycles. The fraction of sp³-hybridized carbons (Fsp3) is 0.0690. The minimum absolute atomic E-state index is 0.0480. The zero-order valence-electron chi connectivity index (χ0n) is 20.5. The molecule has 0 saturated carbocycles. The Hall–Kier alpha value is -5.51. The number of benzene rings is 4. The van der Waals surface area contributed by atoms with Crippen molar-refractivity contribution in [2.24, 2.45) is 0 Å². The summed E-state index contributed by atoms with van der Waals surface area (Å²) in [7, 11) is 1.45. The first-order chi connectivity index (χ1) is 18.9. The molecule has 0 fully saturated rings. The minimum Gasteiger partial charge on any atom is -0.495 e. The number of nitrogens with zero attached hydrogens (tertiary/aromatic N) is 2. The highest BCUT2D eigenvalue weighted by atomic mass is 16.6. The summed E-state index contributed by atoms with van der Waals surface area (Å²) in [4.78, 5) is 50.2. The van der Waals surface area contributed by atoms with Gasteiger partial charge in [0.1, 0.15) is 23.9 Å². The van der Waals surface area contributed by atoms with Gasteiger partial charge in [0.25, 0.3) is 17.5 Å². The van der Waals surface area contributed by atoms with E-state index in [0.717, 1.165) is 4.90 Å². The summed E-state index contributed by atoms with van der Waals surface area (Å²) in [5.41, 5.74) is 1.30. The maximum Gasteiger partial charge on any atom is 0.338 e. The van der Waals surface area contributed by atoms with Crippen molar-refractivity contribution < 1.29 is 33.5 Å². The molecule has 1 aliphatic rings. The van der Waals surface area contributed by atoms with Crippen LogP contribution in [0.1, 0.15) is 36.6 Å². The summed E-state index contributed by atoms with van der Waals surface area (Å²) in [5, 5.41) is 10.8. The van der Waals surface area contributed by atoms with Gasteiger partial charge in [-0.05, 0) is 60.2 Å². The number of methoxy groups -OCH3 is 1. The van der Waals surface area contributed by atoms with Crippen molar-refractivity contribution in [1.82, 2.24) is 0 Å². The van der Waals surface area contributed by atoms with Crippen molar-refractivity contribution in [3.63, 3.8) is 0 Å². The Kier molecular flexibility index (Phi) is 6.75. The molecule has 4 aromatic carbocycles. The molecule has 39 heavy (non-hydrogen) atoms. The van der Waals surface area contributed by atoms with Crippen molar-refractivity contribution in [2.45, 2.75) is 6.61 Å². The van der Waals surface area contributed by atoms with Crippen LogP contribution in [0.5, 0.6) is 17.2 Å².